The zero-order valence-corrected chi connectivity index (χ0v) is 14.3. The van der Waals surface area contributed by atoms with Crippen LogP contribution in [0, 0.1) is 0 Å². The Morgan fingerprint density at radius 3 is 3.08 bits per heavy atom. The highest BCUT2D eigenvalue weighted by Crippen LogP contribution is 2.31. The summed E-state index contributed by atoms with van der Waals surface area (Å²) in [6.45, 7) is 7.63. The molecule has 6 heteroatoms. The molecule has 1 amide bonds. The molecule has 24 heavy (non-hydrogen) atoms. The number of furan rings is 1. The van der Waals surface area contributed by atoms with Gasteiger partial charge in [0.15, 0.2) is 11.3 Å². The second-order valence-corrected chi connectivity index (χ2v) is 5.99. The Hall–Kier alpha value is -2.05. The maximum Gasteiger partial charge on any atom is 0.240 e. The Morgan fingerprint density at radius 2 is 2.33 bits per heavy atom. The lowest BCUT2D eigenvalue weighted by Gasteiger charge is -2.30. The van der Waals surface area contributed by atoms with E-state index in [0.717, 1.165) is 11.1 Å². The molecule has 1 aromatic carbocycles. The van der Waals surface area contributed by atoms with Crippen molar-refractivity contribution in [1.29, 1.82) is 0 Å². The summed E-state index contributed by atoms with van der Waals surface area (Å²) in [6, 6.07) is 7.14. The highest BCUT2D eigenvalue weighted by atomic mass is 16.5. The van der Waals surface area contributed by atoms with Gasteiger partial charge >= 0.3 is 0 Å². The maximum absolute atomic E-state index is 12.5. The predicted molar refractivity (Wildman–Crippen MR) is 91.1 cm³/mol. The van der Waals surface area contributed by atoms with E-state index >= 15 is 0 Å². The molecule has 3 rings (SSSR count). The van der Waals surface area contributed by atoms with Gasteiger partial charge in [0.1, 0.15) is 11.8 Å². The van der Waals surface area contributed by atoms with Crippen LogP contribution < -0.4 is 15.4 Å². The van der Waals surface area contributed by atoms with Gasteiger partial charge in [-0.15, -0.1) is 0 Å². The van der Waals surface area contributed by atoms with Crippen molar-refractivity contribution in [1.82, 2.24) is 10.6 Å². The van der Waals surface area contributed by atoms with Crippen molar-refractivity contribution in [2.75, 3.05) is 19.8 Å². The van der Waals surface area contributed by atoms with Gasteiger partial charge < -0.3 is 24.5 Å². The number of hydrogen-bond donors (Lipinski definition) is 2. The van der Waals surface area contributed by atoms with E-state index in [4.69, 9.17) is 13.9 Å². The van der Waals surface area contributed by atoms with Gasteiger partial charge in [0.05, 0.1) is 25.4 Å². The van der Waals surface area contributed by atoms with Gasteiger partial charge in [-0.25, -0.2) is 0 Å². The molecule has 6 nitrogen and oxygen atoms in total. The number of carbonyl (C=O) groups excluding carboxylic acids is 1. The van der Waals surface area contributed by atoms with Crippen LogP contribution in [-0.4, -0.2) is 37.8 Å². The average molecular weight is 332 g/mol. The van der Waals surface area contributed by atoms with Crippen LogP contribution in [0.3, 0.4) is 0 Å². The second kappa shape index (κ2) is 7.23. The van der Waals surface area contributed by atoms with Crippen LogP contribution in [0.4, 0.5) is 0 Å². The van der Waals surface area contributed by atoms with Crippen LogP contribution >= 0.6 is 0 Å². The molecule has 3 atom stereocenters. The molecule has 2 aromatic rings. The molecule has 1 fully saturated rings. The zero-order valence-electron chi connectivity index (χ0n) is 14.3. The molecule has 0 radical (unpaired) electrons. The van der Waals surface area contributed by atoms with Gasteiger partial charge in [-0.2, -0.15) is 0 Å². The SMILES string of the molecule is CCOc1cccc2cc(C(C)NC(=O)[C@H]3NCCO[C@@H]3C)oc12. The lowest BCUT2D eigenvalue weighted by molar-refractivity contribution is -0.129. The lowest BCUT2D eigenvalue weighted by atomic mass is 10.1. The molecule has 1 unspecified atom stereocenters. The predicted octanol–water partition coefficient (Wildman–Crippen LogP) is 2.39. The van der Waals surface area contributed by atoms with Gasteiger partial charge in [-0.3, -0.25) is 4.79 Å². The first-order chi connectivity index (χ1) is 11.6. The molecule has 2 heterocycles. The summed E-state index contributed by atoms with van der Waals surface area (Å²) in [5.41, 5.74) is 0.711. The molecule has 1 aromatic heterocycles. The normalized spacial score (nSPS) is 22.3. The van der Waals surface area contributed by atoms with Crippen LogP contribution in [0.1, 0.15) is 32.6 Å². The van der Waals surface area contributed by atoms with Crippen molar-refractivity contribution >= 4 is 16.9 Å². The van der Waals surface area contributed by atoms with E-state index in [1.54, 1.807) is 0 Å². The summed E-state index contributed by atoms with van der Waals surface area (Å²) in [4.78, 5) is 12.5. The van der Waals surface area contributed by atoms with Crippen LogP contribution in [0.25, 0.3) is 11.0 Å². The second-order valence-electron chi connectivity index (χ2n) is 5.99. The Kier molecular flexibility index (Phi) is 5.06. The van der Waals surface area contributed by atoms with Gasteiger partial charge in [0.2, 0.25) is 5.91 Å². The summed E-state index contributed by atoms with van der Waals surface area (Å²) in [5, 5.41) is 7.15. The number of carbonyl (C=O) groups is 1. The first-order valence-corrected chi connectivity index (χ1v) is 8.40. The minimum atomic E-state index is -0.343. The van der Waals surface area contributed by atoms with Crippen LogP contribution in [0.5, 0.6) is 5.75 Å². The summed E-state index contributed by atoms with van der Waals surface area (Å²) in [7, 11) is 0. The van der Waals surface area contributed by atoms with Crippen molar-refractivity contribution in [3.63, 3.8) is 0 Å². The first kappa shape index (κ1) is 16.8. The van der Waals surface area contributed by atoms with E-state index in [9.17, 15) is 4.79 Å². The number of ether oxygens (including phenoxy) is 2. The monoisotopic (exact) mass is 332 g/mol. The minimum absolute atomic E-state index is 0.0832. The van der Waals surface area contributed by atoms with Gasteiger partial charge in [-0.05, 0) is 32.9 Å². The molecule has 1 aliphatic heterocycles. The van der Waals surface area contributed by atoms with E-state index in [1.807, 2.05) is 45.0 Å². The molecular formula is C18H24N2O4. The number of morpholine rings is 1. The lowest BCUT2D eigenvalue weighted by Crippen LogP contribution is -2.55. The van der Waals surface area contributed by atoms with E-state index < -0.39 is 0 Å². The third-order valence-electron chi connectivity index (χ3n) is 4.21. The Balaban J connectivity index is 1.75. The van der Waals surface area contributed by atoms with Crippen molar-refractivity contribution < 1.29 is 18.7 Å². The number of hydrogen-bond acceptors (Lipinski definition) is 5. The molecule has 0 bridgehead atoms. The summed E-state index contributed by atoms with van der Waals surface area (Å²) >= 11 is 0. The standard InChI is InChI=1S/C18H24N2O4/c1-4-22-14-7-5-6-13-10-15(24-17(13)14)11(2)20-18(21)16-12(3)23-9-8-19-16/h5-7,10-12,16,19H,4,8-9H2,1-3H3,(H,20,21)/t11?,12-,16+/m1/s1. The van der Waals surface area contributed by atoms with Crippen LogP contribution in [0.15, 0.2) is 28.7 Å². The number of fused-ring (bicyclic) bond motifs is 1. The zero-order chi connectivity index (χ0) is 17.1. The van der Waals surface area contributed by atoms with Crippen molar-refractivity contribution in [2.24, 2.45) is 0 Å². The van der Waals surface area contributed by atoms with E-state index in [2.05, 4.69) is 10.6 Å². The molecule has 1 aliphatic rings. The van der Waals surface area contributed by atoms with Crippen LogP contribution in [-0.2, 0) is 9.53 Å². The molecular weight excluding hydrogens is 308 g/mol. The molecule has 130 valence electrons. The van der Waals surface area contributed by atoms with E-state index in [0.29, 0.717) is 31.1 Å². The fraction of sp³-hybridized carbons (Fsp3) is 0.500. The summed E-state index contributed by atoms with van der Waals surface area (Å²) < 4.78 is 17.1. The molecule has 0 saturated carbocycles. The van der Waals surface area contributed by atoms with Gasteiger partial charge in [-0.1, -0.05) is 12.1 Å². The molecule has 0 spiro atoms. The Morgan fingerprint density at radius 1 is 1.50 bits per heavy atom. The Bertz CT molecular complexity index is 712. The highest BCUT2D eigenvalue weighted by molar-refractivity contribution is 5.85. The first-order valence-electron chi connectivity index (χ1n) is 8.40. The quantitative estimate of drug-likeness (QED) is 0.879. The number of rotatable bonds is 5. The van der Waals surface area contributed by atoms with Gasteiger partial charge in [0.25, 0.3) is 0 Å². The Labute approximate surface area is 141 Å². The molecule has 2 N–H and O–H groups in total. The van der Waals surface area contributed by atoms with Crippen molar-refractivity contribution in [2.45, 2.75) is 39.0 Å². The third-order valence-corrected chi connectivity index (χ3v) is 4.21. The largest absolute Gasteiger partial charge is 0.490 e. The summed E-state index contributed by atoms with van der Waals surface area (Å²) in [5.74, 6) is 1.34. The smallest absolute Gasteiger partial charge is 0.240 e. The highest BCUT2D eigenvalue weighted by Gasteiger charge is 2.29. The topological polar surface area (TPSA) is 72.7 Å². The molecule has 1 saturated heterocycles. The van der Waals surface area contributed by atoms with Crippen LogP contribution in [0.2, 0.25) is 0 Å². The minimum Gasteiger partial charge on any atom is -0.490 e. The number of para-hydroxylation sites is 1. The number of benzene rings is 1. The number of amides is 1. The number of nitrogens with one attached hydrogen (secondary N) is 2. The van der Waals surface area contributed by atoms with Gasteiger partial charge in [0, 0.05) is 11.9 Å². The molecule has 0 aliphatic carbocycles. The van der Waals surface area contributed by atoms with E-state index in [1.165, 1.54) is 0 Å². The van der Waals surface area contributed by atoms with E-state index in [-0.39, 0.29) is 24.1 Å². The maximum atomic E-state index is 12.5. The average Bonchev–Trinajstić information content (AvgIpc) is 3.01. The van der Waals surface area contributed by atoms with Crippen molar-refractivity contribution in [3.8, 4) is 5.75 Å². The fourth-order valence-corrected chi connectivity index (χ4v) is 2.94. The fourth-order valence-electron chi connectivity index (χ4n) is 2.94. The van der Waals surface area contributed by atoms with Crippen molar-refractivity contribution in [3.05, 3.63) is 30.0 Å². The summed E-state index contributed by atoms with van der Waals surface area (Å²) in [6.07, 6.45) is -0.147. The third kappa shape index (κ3) is 3.39.